The average molecular weight is 264 g/mol. The maximum Gasteiger partial charge on any atom is 0.0496 e. The molecule has 0 spiro atoms. The first-order valence-corrected chi connectivity index (χ1v) is 8.31. The smallest absolute Gasteiger partial charge is 0.0496 e. The van der Waals surface area contributed by atoms with Crippen LogP contribution in [0.4, 0.5) is 0 Å². The van der Waals surface area contributed by atoms with E-state index in [1.54, 1.807) is 11.3 Å². The fourth-order valence-electron chi connectivity index (χ4n) is 4.17. The molecule has 0 saturated heterocycles. The van der Waals surface area contributed by atoms with Gasteiger partial charge in [-0.3, -0.25) is 11.3 Å². The lowest BCUT2D eigenvalue weighted by Crippen LogP contribution is -2.38. The molecule has 4 atom stereocenters. The molecule has 2 nitrogen and oxygen atoms in total. The normalized spacial score (nSPS) is 33.9. The molecule has 0 aromatic carbocycles. The Balaban J connectivity index is 1.69. The number of rotatable bonds is 3. The Bertz CT molecular complexity index is 363. The molecule has 18 heavy (non-hydrogen) atoms. The molecular formula is C15H24N2S. The van der Waals surface area contributed by atoms with E-state index >= 15 is 0 Å². The summed E-state index contributed by atoms with van der Waals surface area (Å²) in [6.07, 6.45) is 10.0. The zero-order valence-electron chi connectivity index (χ0n) is 11.0. The fourth-order valence-corrected chi connectivity index (χ4v) is 4.87. The molecule has 2 saturated carbocycles. The molecule has 0 radical (unpaired) electrons. The van der Waals surface area contributed by atoms with Crippen LogP contribution >= 0.6 is 11.3 Å². The summed E-state index contributed by atoms with van der Waals surface area (Å²) in [5.74, 6) is 8.56. The Morgan fingerprint density at radius 3 is 2.72 bits per heavy atom. The minimum absolute atomic E-state index is 0.374. The topological polar surface area (TPSA) is 38.0 Å². The number of hydrogen-bond acceptors (Lipinski definition) is 3. The van der Waals surface area contributed by atoms with Gasteiger partial charge in [0.1, 0.15) is 0 Å². The van der Waals surface area contributed by atoms with Crippen LogP contribution < -0.4 is 11.3 Å². The summed E-state index contributed by atoms with van der Waals surface area (Å²) < 4.78 is 0. The van der Waals surface area contributed by atoms with Crippen LogP contribution in [0.2, 0.25) is 0 Å². The standard InChI is InChI=1S/C15H24N2S/c16-17-15(14-7-8-18-10-14)13-6-5-11-3-1-2-4-12(11)9-13/h7-8,10-13,15,17H,1-6,9,16H2. The summed E-state index contributed by atoms with van der Waals surface area (Å²) in [6, 6.07) is 2.60. The molecule has 0 aliphatic heterocycles. The predicted octanol–water partition coefficient (Wildman–Crippen LogP) is 3.86. The highest BCUT2D eigenvalue weighted by Crippen LogP contribution is 2.46. The van der Waals surface area contributed by atoms with Crippen LogP contribution in [-0.4, -0.2) is 0 Å². The zero-order valence-corrected chi connectivity index (χ0v) is 11.8. The van der Waals surface area contributed by atoms with E-state index in [1.807, 2.05) is 0 Å². The van der Waals surface area contributed by atoms with Crippen LogP contribution in [0.25, 0.3) is 0 Å². The van der Waals surface area contributed by atoms with Crippen LogP contribution in [0.15, 0.2) is 16.8 Å². The largest absolute Gasteiger partial charge is 0.271 e. The summed E-state index contributed by atoms with van der Waals surface area (Å²) in [5, 5.41) is 4.41. The van der Waals surface area contributed by atoms with Gasteiger partial charge in [0.15, 0.2) is 0 Å². The van der Waals surface area contributed by atoms with Gasteiger partial charge >= 0.3 is 0 Å². The SMILES string of the molecule is NNC(c1ccsc1)C1CCC2CCCCC2C1. The van der Waals surface area contributed by atoms with Gasteiger partial charge in [-0.25, -0.2) is 0 Å². The zero-order chi connectivity index (χ0) is 12.4. The Morgan fingerprint density at radius 2 is 2.00 bits per heavy atom. The molecule has 3 heteroatoms. The molecule has 2 fully saturated rings. The Hall–Kier alpha value is -0.380. The van der Waals surface area contributed by atoms with Crippen molar-refractivity contribution in [3.63, 3.8) is 0 Å². The van der Waals surface area contributed by atoms with Crippen LogP contribution in [0, 0.1) is 17.8 Å². The van der Waals surface area contributed by atoms with Gasteiger partial charge in [-0.15, -0.1) is 0 Å². The van der Waals surface area contributed by atoms with Crippen molar-refractivity contribution in [2.24, 2.45) is 23.6 Å². The molecule has 1 aromatic heterocycles. The van der Waals surface area contributed by atoms with Crippen molar-refractivity contribution in [1.82, 2.24) is 5.43 Å². The maximum absolute atomic E-state index is 5.82. The number of thiophene rings is 1. The quantitative estimate of drug-likeness (QED) is 0.642. The van der Waals surface area contributed by atoms with Gasteiger partial charge < -0.3 is 0 Å². The van der Waals surface area contributed by atoms with Crippen LogP contribution in [0.5, 0.6) is 0 Å². The van der Waals surface area contributed by atoms with Crippen molar-refractivity contribution in [1.29, 1.82) is 0 Å². The van der Waals surface area contributed by atoms with Gasteiger partial charge in [-0.1, -0.05) is 25.7 Å². The third-order valence-corrected chi connectivity index (χ3v) is 5.83. The molecule has 2 aliphatic rings. The molecule has 3 rings (SSSR count). The third-order valence-electron chi connectivity index (χ3n) is 5.13. The Morgan fingerprint density at radius 1 is 1.17 bits per heavy atom. The fraction of sp³-hybridized carbons (Fsp3) is 0.733. The van der Waals surface area contributed by atoms with Crippen molar-refractivity contribution in [2.75, 3.05) is 0 Å². The lowest BCUT2D eigenvalue weighted by molar-refractivity contribution is 0.109. The van der Waals surface area contributed by atoms with Crippen LogP contribution in [0.1, 0.15) is 56.6 Å². The summed E-state index contributed by atoms with van der Waals surface area (Å²) in [4.78, 5) is 0. The Labute approximate surface area is 114 Å². The third kappa shape index (κ3) is 2.49. The second-order valence-corrected chi connectivity index (χ2v) is 6.86. The summed E-state index contributed by atoms with van der Waals surface area (Å²) in [5.41, 5.74) is 4.47. The summed E-state index contributed by atoms with van der Waals surface area (Å²) in [6.45, 7) is 0. The molecule has 3 N–H and O–H groups in total. The lowest BCUT2D eigenvalue weighted by atomic mass is 9.65. The molecule has 100 valence electrons. The average Bonchev–Trinajstić information content (AvgIpc) is 2.93. The first kappa shape index (κ1) is 12.6. The number of hydrazine groups is 1. The number of nitrogens with two attached hydrogens (primary N) is 1. The number of hydrogen-bond donors (Lipinski definition) is 2. The summed E-state index contributed by atoms with van der Waals surface area (Å²) in [7, 11) is 0. The lowest BCUT2D eigenvalue weighted by Gasteiger charge is -2.41. The van der Waals surface area contributed by atoms with Crippen molar-refractivity contribution >= 4 is 11.3 Å². The predicted molar refractivity (Wildman–Crippen MR) is 77.2 cm³/mol. The highest BCUT2D eigenvalue weighted by Gasteiger charge is 2.35. The van der Waals surface area contributed by atoms with E-state index in [1.165, 1.54) is 50.5 Å². The van der Waals surface area contributed by atoms with Gasteiger partial charge in [0, 0.05) is 6.04 Å². The van der Waals surface area contributed by atoms with E-state index in [0.29, 0.717) is 6.04 Å². The molecular weight excluding hydrogens is 240 g/mol. The summed E-state index contributed by atoms with van der Waals surface area (Å²) >= 11 is 1.77. The van der Waals surface area contributed by atoms with E-state index in [4.69, 9.17) is 5.84 Å². The van der Waals surface area contributed by atoms with Gasteiger partial charge in [-0.05, 0) is 59.4 Å². The van der Waals surface area contributed by atoms with Crippen molar-refractivity contribution in [3.8, 4) is 0 Å². The molecule has 0 amide bonds. The van der Waals surface area contributed by atoms with E-state index < -0.39 is 0 Å². The second-order valence-electron chi connectivity index (χ2n) is 6.08. The van der Waals surface area contributed by atoms with E-state index in [0.717, 1.165) is 17.8 Å². The van der Waals surface area contributed by atoms with Crippen LogP contribution in [0.3, 0.4) is 0 Å². The highest BCUT2D eigenvalue weighted by molar-refractivity contribution is 7.07. The molecule has 1 heterocycles. The second kappa shape index (κ2) is 5.72. The van der Waals surface area contributed by atoms with E-state index in [-0.39, 0.29) is 0 Å². The van der Waals surface area contributed by atoms with E-state index in [9.17, 15) is 0 Å². The monoisotopic (exact) mass is 264 g/mol. The van der Waals surface area contributed by atoms with Gasteiger partial charge in [0.05, 0.1) is 0 Å². The molecule has 2 aliphatic carbocycles. The molecule has 4 unspecified atom stereocenters. The van der Waals surface area contributed by atoms with Gasteiger partial charge in [-0.2, -0.15) is 11.3 Å². The van der Waals surface area contributed by atoms with Crippen molar-refractivity contribution in [2.45, 2.75) is 51.0 Å². The minimum Gasteiger partial charge on any atom is -0.271 e. The van der Waals surface area contributed by atoms with Crippen molar-refractivity contribution in [3.05, 3.63) is 22.4 Å². The van der Waals surface area contributed by atoms with Crippen molar-refractivity contribution < 1.29 is 0 Å². The Kier molecular flexibility index (Phi) is 4.02. The first-order chi connectivity index (χ1) is 8.88. The number of fused-ring (bicyclic) bond motifs is 1. The molecule has 0 bridgehead atoms. The minimum atomic E-state index is 0.374. The van der Waals surface area contributed by atoms with Gasteiger partial charge in [0.25, 0.3) is 0 Å². The van der Waals surface area contributed by atoms with E-state index in [2.05, 4.69) is 22.3 Å². The number of nitrogens with one attached hydrogen (secondary N) is 1. The molecule has 1 aromatic rings. The van der Waals surface area contributed by atoms with Crippen LogP contribution in [-0.2, 0) is 0 Å². The first-order valence-electron chi connectivity index (χ1n) is 7.36. The van der Waals surface area contributed by atoms with Gasteiger partial charge in [0.2, 0.25) is 0 Å². The highest BCUT2D eigenvalue weighted by atomic mass is 32.1. The maximum atomic E-state index is 5.82.